The van der Waals surface area contributed by atoms with Crippen LogP contribution in [0.2, 0.25) is 0 Å². The van der Waals surface area contributed by atoms with E-state index in [-0.39, 0.29) is 5.91 Å². The summed E-state index contributed by atoms with van der Waals surface area (Å²) in [5.74, 6) is 0.593. The number of aryl methyl sites for hydroxylation is 1. The van der Waals surface area contributed by atoms with Gasteiger partial charge in [-0.1, -0.05) is 37.1 Å². The van der Waals surface area contributed by atoms with Crippen LogP contribution in [0.1, 0.15) is 43.3 Å². The van der Waals surface area contributed by atoms with Gasteiger partial charge in [-0.3, -0.25) is 4.79 Å². The van der Waals surface area contributed by atoms with Gasteiger partial charge >= 0.3 is 0 Å². The summed E-state index contributed by atoms with van der Waals surface area (Å²) in [7, 11) is 0. The molecule has 0 aliphatic heterocycles. The molecule has 4 heteroatoms. The maximum Gasteiger partial charge on any atom is 0.218 e. The van der Waals surface area contributed by atoms with Crippen LogP contribution in [0.15, 0.2) is 18.2 Å². The third-order valence-corrected chi connectivity index (χ3v) is 2.95. The fourth-order valence-electron chi connectivity index (χ4n) is 1.68. The van der Waals surface area contributed by atoms with Gasteiger partial charge in [0.1, 0.15) is 11.3 Å². The third kappa shape index (κ3) is 4.22. The standard InChI is InChI=1S/C14H20ClNO2/c1-4-5-9-18-12-8-6-7-10(2)13(12)14(15)16-11(3)17/h6-8,14H,4-5,9H2,1-3H3,(H,16,17). The number of benzene rings is 1. The molecule has 1 aromatic rings. The van der Waals surface area contributed by atoms with Crippen molar-refractivity contribution in [2.45, 2.75) is 39.1 Å². The number of hydrogen-bond acceptors (Lipinski definition) is 2. The van der Waals surface area contributed by atoms with Crippen molar-refractivity contribution in [2.24, 2.45) is 0 Å². The summed E-state index contributed by atoms with van der Waals surface area (Å²) >= 11 is 6.21. The Bertz CT molecular complexity index is 407. The summed E-state index contributed by atoms with van der Waals surface area (Å²) in [5.41, 5.74) is 1.29. The van der Waals surface area contributed by atoms with E-state index in [1.807, 2.05) is 25.1 Å². The van der Waals surface area contributed by atoms with E-state index >= 15 is 0 Å². The van der Waals surface area contributed by atoms with Crippen LogP contribution in [0.5, 0.6) is 5.75 Å². The monoisotopic (exact) mass is 269 g/mol. The molecule has 1 N–H and O–H groups in total. The number of halogens is 1. The largest absolute Gasteiger partial charge is 0.493 e. The molecule has 0 fully saturated rings. The van der Waals surface area contributed by atoms with Gasteiger partial charge in [0, 0.05) is 12.5 Å². The fourth-order valence-corrected chi connectivity index (χ4v) is 2.11. The molecule has 0 aliphatic rings. The number of carbonyl (C=O) groups is 1. The Morgan fingerprint density at radius 2 is 2.22 bits per heavy atom. The van der Waals surface area contributed by atoms with E-state index in [2.05, 4.69) is 12.2 Å². The maximum absolute atomic E-state index is 11.1. The molecule has 0 radical (unpaired) electrons. The van der Waals surface area contributed by atoms with E-state index in [0.717, 1.165) is 29.7 Å². The van der Waals surface area contributed by atoms with Crippen LogP contribution in [-0.4, -0.2) is 12.5 Å². The highest BCUT2D eigenvalue weighted by molar-refractivity contribution is 6.21. The van der Waals surface area contributed by atoms with Crippen LogP contribution >= 0.6 is 11.6 Å². The lowest BCUT2D eigenvalue weighted by Gasteiger charge is -2.18. The van der Waals surface area contributed by atoms with Crippen LogP contribution in [0.4, 0.5) is 0 Å². The number of carbonyl (C=O) groups excluding carboxylic acids is 1. The van der Waals surface area contributed by atoms with Crippen LogP contribution in [0.25, 0.3) is 0 Å². The Balaban J connectivity index is 2.89. The molecule has 3 nitrogen and oxygen atoms in total. The van der Waals surface area contributed by atoms with Gasteiger partial charge in [-0.15, -0.1) is 0 Å². The molecule has 1 unspecified atom stereocenters. The Kier molecular flexibility index (Phi) is 5.99. The molecule has 0 spiro atoms. The van der Waals surface area contributed by atoms with Crippen molar-refractivity contribution in [1.82, 2.24) is 5.32 Å². The first-order valence-electron chi connectivity index (χ1n) is 6.19. The van der Waals surface area contributed by atoms with Crippen molar-refractivity contribution in [2.75, 3.05) is 6.61 Å². The zero-order chi connectivity index (χ0) is 13.5. The molecule has 0 bridgehead atoms. The van der Waals surface area contributed by atoms with Gasteiger partial charge in [0.2, 0.25) is 5.91 Å². The van der Waals surface area contributed by atoms with Gasteiger partial charge in [-0.2, -0.15) is 0 Å². The van der Waals surface area contributed by atoms with E-state index in [1.54, 1.807) is 0 Å². The van der Waals surface area contributed by atoms with Crippen LogP contribution < -0.4 is 10.1 Å². The number of alkyl halides is 1. The van der Waals surface area contributed by atoms with Crippen LogP contribution in [0.3, 0.4) is 0 Å². The lowest BCUT2D eigenvalue weighted by Crippen LogP contribution is -2.23. The molecular weight excluding hydrogens is 250 g/mol. The Morgan fingerprint density at radius 3 is 2.83 bits per heavy atom. The van der Waals surface area contributed by atoms with E-state index in [1.165, 1.54) is 6.92 Å². The van der Waals surface area contributed by atoms with Gasteiger partial charge < -0.3 is 10.1 Å². The molecule has 0 saturated heterocycles. The fraction of sp³-hybridized carbons (Fsp3) is 0.500. The average Bonchev–Trinajstić information content (AvgIpc) is 2.28. The van der Waals surface area contributed by atoms with Gasteiger partial charge in [-0.05, 0) is 25.0 Å². The molecule has 0 saturated carbocycles. The number of rotatable bonds is 6. The lowest BCUT2D eigenvalue weighted by molar-refractivity contribution is -0.119. The predicted molar refractivity (Wildman–Crippen MR) is 74.0 cm³/mol. The first-order chi connectivity index (χ1) is 8.56. The van der Waals surface area contributed by atoms with Gasteiger partial charge in [-0.25, -0.2) is 0 Å². The molecule has 1 aromatic carbocycles. The SMILES string of the molecule is CCCCOc1cccc(C)c1C(Cl)NC(C)=O. The summed E-state index contributed by atoms with van der Waals surface area (Å²) in [6.07, 6.45) is 2.08. The van der Waals surface area contributed by atoms with Gasteiger partial charge in [0.15, 0.2) is 0 Å². The second kappa shape index (κ2) is 7.27. The zero-order valence-corrected chi connectivity index (χ0v) is 11.9. The zero-order valence-electron chi connectivity index (χ0n) is 11.1. The summed E-state index contributed by atoms with van der Waals surface area (Å²) < 4.78 is 5.73. The molecule has 1 amide bonds. The van der Waals surface area contributed by atoms with Crippen molar-refractivity contribution in [3.63, 3.8) is 0 Å². The average molecular weight is 270 g/mol. The van der Waals surface area contributed by atoms with E-state index in [4.69, 9.17) is 16.3 Å². The number of ether oxygens (including phenoxy) is 1. The minimum atomic E-state index is -0.555. The van der Waals surface area contributed by atoms with Crippen molar-refractivity contribution < 1.29 is 9.53 Å². The predicted octanol–water partition coefficient (Wildman–Crippen LogP) is 3.55. The van der Waals surface area contributed by atoms with Gasteiger partial charge in [0.05, 0.1) is 6.61 Å². The minimum Gasteiger partial charge on any atom is -0.493 e. The lowest BCUT2D eigenvalue weighted by atomic mass is 10.1. The minimum absolute atomic E-state index is 0.155. The molecule has 100 valence electrons. The Morgan fingerprint density at radius 1 is 1.50 bits per heavy atom. The second-order valence-electron chi connectivity index (χ2n) is 4.25. The third-order valence-electron chi connectivity index (χ3n) is 2.62. The molecule has 1 rings (SSSR count). The van der Waals surface area contributed by atoms with Crippen LogP contribution in [0, 0.1) is 6.92 Å². The molecule has 18 heavy (non-hydrogen) atoms. The Hall–Kier alpha value is -1.22. The first-order valence-corrected chi connectivity index (χ1v) is 6.63. The molecule has 0 aliphatic carbocycles. The molecule has 0 aromatic heterocycles. The van der Waals surface area contributed by atoms with Crippen molar-refractivity contribution in [1.29, 1.82) is 0 Å². The number of hydrogen-bond donors (Lipinski definition) is 1. The Labute approximate surface area is 113 Å². The van der Waals surface area contributed by atoms with Crippen molar-refractivity contribution in [3.05, 3.63) is 29.3 Å². The van der Waals surface area contributed by atoms with Crippen LogP contribution in [-0.2, 0) is 4.79 Å². The smallest absolute Gasteiger partial charge is 0.218 e. The van der Waals surface area contributed by atoms with E-state index in [9.17, 15) is 4.79 Å². The highest BCUT2D eigenvalue weighted by Gasteiger charge is 2.16. The van der Waals surface area contributed by atoms with E-state index in [0.29, 0.717) is 6.61 Å². The number of unbranched alkanes of at least 4 members (excludes halogenated alkanes) is 1. The quantitative estimate of drug-likeness (QED) is 0.487. The highest BCUT2D eigenvalue weighted by atomic mass is 35.5. The number of amides is 1. The van der Waals surface area contributed by atoms with Crippen molar-refractivity contribution in [3.8, 4) is 5.75 Å². The normalized spacial score (nSPS) is 12.0. The van der Waals surface area contributed by atoms with E-state index < -0.39 is 5.50 Å². The van der Waals surface area contributed by atoms with Crippen molar-refractivity contribution >= 4 is 17.5 Å². The highest BCUT2D eigenvalue weighted by Crippen LogP contribution is 2.31. The summed E-state index contributed by atoms with van der Waals surface area (Å²) in [6, 6.07) is 5.77. The molecule has 1 atom stereocenters. The number of nitrogens with one attached hydrogen (secondary N) is 1. The topological polar surface area (TPSA) is 38.3 Å². The summed E-state index contributed by atoms with van der Waals surface area (Å²) in [6.45, 7) is 6.18. The molecular formula is C14H20ClNO2. The summed E-state index contributed by atoms with van der Waals surface area (Å²) in [4.78, 5) is 11.1. The van der Waals surface area contributed by atoms with Gasteiger partial charge in [0.25, 0.3) is 0 Å². The summed E-state index contributed by atoms with van der Waals surface area (Å²) in [5, 5.41) is 2.68. The first kappa shape index (κ1) is 14.8. The second-order valence-corrected chi connectivity index (χ2v) is 4.69. The maximum atomic E-state index is 11.1. The molecule has 0 heterocycles.